The van der Waals surface area contributed by atoms with Crippen LogP contribution in [0.2, 0.25) is 0 Å². The van der Waals surface area contributed by atoms with Gasteiger partial charge in [-0.3, -0.25) is 14.9 Å². The summed E-state index contributed by atoms with van der Waals surface area (Å²) in [4.78, 5) is 22.8. The summed E-state index contributed by atoms with van der Waals surface area (Å²) < 4.78 is 5.17. The zero-order valence-corrected chi connectivity index (χ0v) is 14.5. The summed E-state index contributed by atoms with van der Waals surface area (Å²) >= 11 is 0. The average molecular weight is 350 g/mol. The maximum absolute atomic E-state index is 12.1. The lowest BCUT2D eigenvalue weighted by molar-refractivity contribution is -0.385. The van der Waals surface area contributed by atoms with E-state index in [2.05, 4.69) is 6.07 Å². The van der Waals surface area contributed by atoms with Crippen LogP contribution in [0.3, 0.4) is 0 Å². The molecule has 6 nitrogen and oxygen atoms in total. The van der Waals surface area contributed by atoms with Gasteiger partial charge in [-0.2, -0.15) is 5.26 Å². The Labute approximate surface area is 151 Å². The molecule has 26 heavy (non-hydrogen) atoms. The van der Waals surface area contributed by atoms with Crippen LogP contribution in [-0.4, -0.2) is 17.8 Å². The Hall–Kier alpha value is -3.46. The largest absolute Gasteiger partial charge is 0.497 e. The highest BCUT2D eigenvalue weighted by Crippen LogP contribution is 2.31. The summed E-state index contributed by atoms with van der Waals surface area (Å²) in [5.74, 6) is -0.332. The highest BCUT2D eigenvalue weighted by atomic mass is 16.6. The molecule has 1 atom stereocenters. The second-order valence-electron chi connectivity index (χ2n) is 5.70. The molecular weight excluding hydrogens is 332 g/mol. The van der Waals surface area contributed by atoms with Gasteiger partial charge in [0, 0.05) is 11.6 Å². The molecule has 0 saturated carbocycles. The molecule has 6 heteroatoms. The Morgan fingerprint density at radius 3 is 2.65 bits per heavy atom. The van der Waals surface area contributed by atoms with Crippen LogP contribution < -0.4 is 4.74 Å². The molecule has 0 aliphatic heterocycles. The first-order chi connectivity index (χ1) is 12.5. The van der Waals surface area contributed by atoms with E-state index in [4.69, 9.17) is 4.74 Å². The zero-order chi connectivity index (χ0) is 19.1. The molecule has 0 heterocycles. The number of nitro groups is 1. The van der Waals surface area contributed by atoms with Gasteiger partial charge in [0.25, 0.3) is 5.69 Å². The summed E-state index contributed by atoms with van der Waals surface area (Å²) in [6.45, 7) is 1.42. The first kappa shape index (κ1) is 18.9. The van der Waals surface area contributed by atoms with Crippen molar-refractivity contribution in [3.8, 4) is 11.8 Å². The van der Waals surface area contributed by atoms with E-state index in [0.717, 1.165) is 5.56 Å². The lowest BCUT2D eigenvalue weighted by atomic mass is 9.89. The Morgan fingerprint density at radius 2 is 2.04 bits per heavy atom. The van der Waals surface area contributed by atoms with Gasteiger partial charge >= 0.3 is 0 Å². The quantitative estimate of drug-likeness (QED) is 0.422. The molecule has 2 aromatic rings. The Bertz CT molecular complexity index is 897. The van der Waals surface area contributed by atoms with Crippen LogP contribution in [0.15, 0.2) is 54.1 Å². The fourth-order valence-electron chi connectivity index (χ4n) is 2.63. The van der Waals surface area contributed by atoms with Crippen LogP contribution >= 0.6 is 0 Å². The van der Waals surface area contributed by atoms with Gasteiger partial charge in [0.15, 0.2) is 5.78 Å². The summed E-state index contributed by atoms with van der Waals surface area (Å²) in [5.41, 5.74) is 1.36. The minimum absolute atomic E-state index is 0.0912. The number of Topliss-reactive ketones (excluding diaryl/α,β-unsaturated/α-hetero) is 1. The van der Waals surface area contributed by atoms with E-state index in [1.807, 2.05) is 6.07 Å². The molecule has 0 bridgehead atoms. The van der Waals surface area contributed by atoms with Gasteiger partial charge < -0.3 is 4.74 Å². The first-order valence-electron chi connectivity index (χ1n) is 7.94. The Morgan fingerprint density at radius 1 is 1.31 bits per heavy atom. The first-order valence-corrected chi connectivity index (χ1v) is 7.94. The van der Waals surface area contributed by atoms with Gasteiger partial charge in [0.2, 0.25) is 0 Å². The number of allylic oxidation sites excluding steroid dienone is 1. The number of carbonyl (C=O) groups is 1. The number of hydrogen-bond acceptors (Lipinski definition) is 5. The van der Waals surface area contributed by atoms with E-state index in [1.165, 1.54) is 13.0 Å². The molecule has 0 fully saturated rings. The van der Waals surface area contributed by atoms with Crippen molar-refractivity contribution in [1.82, 2.24) is 0 Å². The highest BCUT2D eigenvalue weighted by molar-refractivity contribution is 5.98. The number of rotatable bonds is 7. The van der Waals surface area contributed by atoms with Gasteiger partial charge in [0.05, 0.1) is 24.0 Å². The lowest BCUT2D eigenvalue weighted by Crippen LogP contribution is -2.06. The van der Waals surface area contributed by atoms with Crippen LogP contribution in [0.4, 0.5) is 5.69 Å². The third-order valence-corrected chi connectivity index (χ3v) is 3.98. The van der Waals surface area contributed by atoms with Crippen LogP contribution in [0.25, 0.3) is 6.08 Å². The molecular formula is C20H18N2O4. The van der Waals surface area contributed by atoms with Crippen molar-refractivity contribution in [3.05, 3.63) is 75.3 Å². The van der Waals surface area contributed by atoms with E-state index in [9.17, 15) is 20.2 Å². The van der Waals surface area contributed by atoms with Crippen molar-refractivity contribution in [2.75, 3.05) is 7.11 Å². The summed E-state index contributed by atoms with van der Waals surface area (Å²) in [5, 5.41) is 20.8. The molecule has 0 aromatic heterocycles. The molecule has 0 aliphatic carbocycles. The standard InChI is InChI=1S/C20H18N2O4/c1-14(23)16(10-15-6-5-7-18(11-15)26-2)12-17(13-21)19-8-3-4-9-20(19)22(24)25/h3-11,17H,12H2,1-2H3/b16-10+. The number of ketones is 1. The maximum Gasteiger partial charge on any atom is 0.273 e. The molecule has 0 amide bonds. The molecule has 2 rings (SSSR count). The number of nitrogens with zero attached hydrogens (tertiary/aromatic N) is 2. The number of benzene rings is 2. The Balaban J connectivity index is 2.40. The van der Waals surface area contributed by atoms with Crippen LogP contribution in [-0.2, 0) is 4.79 Å². The molecule has 0 N–H and O–H groups in total. The molecule has 1 unspecified atom stereocenters. The van der Waals surface area contributed by atoms with Crippen molar-refractivity contribution in [2.24, 2.45) is 0 Å². The average Bonchev–Trinajstić information content (AvgIpc) is 2.65. The van der Waals surface area contributed by atoms with E-state index in [0.29, 0.717) is 16.9 Å². The van der Waals surface area contributed by atoms with Gasteiger partial charge in [-0.05, 0) is 42.7 Å². The fourth-order valence-corrected chi connectivity index (χ4v) is 2.63. The van der Waals surface area contributed by atoms with E-state index < -0.39 is 10.8 Å². The molecule has 132 valence electrons. The number of para-hydroxylation sites is 1. The van der Waals surface area contributed by atoms with Crippen LogP contribution in [0, 0.1) is 21.4 Å². The van der Waals surface area contributed by atoms with Crippen LogP contribution in [0.1, 0.15) is 30.4 Å². The molecule has 0 radical (unpaired) electrons. The smallest absolute Gasteiger partial charge is 0.273 e. The van der Waals surface area contributed by atoms with Gasteiger partial charge in [-0.15, -0.1) is 0 Å². The minimum Gasteiger partial charge on any atom is -0.497 e. The third kappa shape index (κ3) is 4.54. The number of nitro benzene ring substituents is 1. The second-order valence-corrected chi connectivity index (χ2v) is 5.70. The molecule has 2 aromatic carbocycles. The fraction of sp³-hybridized carbons (Fsp3) is 0.200. The third-order valence-electron chi connectivity index (χ3n) is 3.98. The van der Waals surface area contributed by atoms with Gasteiger partial charge in [0.1, 0.15) is 5.75 Å². The monoisotopic (exact) mass is 350 g/mol. The highest BCUT2D eigenvalue weighted by Gasteiger charge is 2.23. The van der Waals surface area contributed by atoms with Crippen molar-refractivity contribution in [3.63, 3.8) is 0 Å². The van der Waals surface area contributed by atoms with Gasteiger partial charge in [-0.25, -0.2) is 0 Å². The van der Waals surface area contributed by atoms with E-state index in [-0.39, 0.29) is 17.9 Å². The van der Waals surface area contributed by atoms with Crippen LogP contribution in [0.5, 0.6) is 5.75 Å². The number of carbonyl (C=O) groups excluding carboxylic acids is 1. The second kappa shape index (κ2) is 8.58. The molecule has 0 aliphatic rings. The van der Waals surface area contributed by atoms with Crippen molar-refractivity contribution in [1.29, 1.82) is 5.26 Å². The van der Waals surface area contributed by atoms with E-state index >= 15 is 0 Å². The van der Waals surface area contributed by atoms with Crippen molar-refractivity contribution >= 4 is 17.5 Å². The summed E-state index contributed by atoms with van der Waals surface area (Å²) in [6, 6.07) is 15.4. The maximum atomic E-state index is 12.1. The predicted molar refractivity (Wildman–Crippen MR) is 97.7 cm³/mol. The number of methoxy groups -OCH3 is 1. The normalized spacial score (nSPS) is 12.1. The number of hydrogen-bond donors (Lipinski definition) is 0. The summed E-state index contributed by atoms with van der Waals surface area (Å²) in [7, 11) is 1.55. The molecule has 0 spiro atoms. The lowest BCUT2D eigenvalue weighted by Gasteiger charge is -2.12. The predicted octanol–water partition coefficient (Wildman–Crippen LogP) is 4.27. The minimum atomic E-state index is -0.794. The topological polar surface area (TPSA) is 93.2 Å². The molecule has 0 saturated heterocycles. The zero-order valence-electron chi connectivity index (χ0n) is 14.5. The summed E-state index contributed by atoms with van der Waals surface area (Å²) in [6.07, 6.45) is 1.78. The number of ether oxygens (including phenoxy) is 1. The number of nitriles is 1. The Kier molecular flexibility index (Phi) is 6.23. The van der Waals surface area contributed by atoms with Crippen molar-refractivity contribution in [2.45, 2.75) is 19.3 Å². The SMILES string of the molecule is COc1cccc(/C=C(\CC(C#N)c2ccccc2[N+](=O)[O-])C(C)=O)c1. The van der Waals surface area contributed by atoms with Crippen molar-refractivity contribution < 1.29 is 14.5 Å². The van der Waals surface area contributed by atoms with Gasteiger partial charge in [-0.1, -0.05) is 30.3 Å². The van der Waals surface area contributed by atoms with E-state index in [1.54, 1.807) is 49.6 Å².